The van der Waals surface area contributed by atoms with Crippen LogP contribution in [0.1, 0.15) is 5.56 Å². The molecule has 1 aliphatic rings. The van der Waals surface area contributed by atoms with Crippen LogP contribution in [0.2, 0.25) is 0 Å². The highest BCUT2D eigenvalue weighted by molar-refractivity contribution is 7.92. The number of para-hydroxylation sites is 1. The van der Waals surface area contributed by atoms with Gasteiger partial charge in [0.1, 0.15) is 22.3 Å². The molecule has 0 spiro atoms. The third-order valence-corrected chi connectivity index (χ3v) is 8.14. The smallest absolute Gasteiger partial charge is 0.244 e. The van der Waals surface area contributed by atoms with Gasteiger partial charge in [0.05, 0.1) is 11.0 Å². The van der Waals surface area contributed by atoms with Crippen LogP contribution in [0.3, 0.4) is 0 Å². The van der Waals surface area contributed by atoms with Crippen molar-refractivity contribution in [2.75, 3.05) is 32.5 Å². The van der Waals surface area contributed by atoms with Crippen LogP contribution in [0.5, 0.6) is 0 Å². The number of amidine groups is 1. The van der Waals surface area contributed by atoms with Crippen molar-refractivity contribution in [3.63, 3.8) is 0 Å². The molecule has 4 rings (SSSR count). The number of hydrazine groups is 1. The van der Waals surface area contributed by atoms with Gasteiger partial charge in [-0.1, -0.05) is 18.2 Å². The van der Waals surface area contributed by atoms with Crippen LogP contribution in [0.4, 0.5) is 5.95 Å². The summed E-state index contributed by atoms with van der Waals surface area (Å²) in [5.41, 5.74) is 18.8. The predicted molar refractivity (Wildman–Crippen MR) is 124 cm³/mol. The summed E-state index contributed by atoms with van der Waals surface area (Å²) in [5.74, 6) is 0.291. The predicted octanol–water partition coefficient (Wildman–Crippen LogP) is -1.15. The monoisotopic (exact) mass is 493 g/mol. The van der Waals surface area contributed by atoms with Gasteiger partial charge >= 0.3 is 0 Å². The van der Waals surface area contributed by atoms with E-state index in [1.165, 1.54) is 19.2 Å². The molecule has 3 aromatic rings. The second-order valence-corrected chi connectivity index (χ2v) is 10.8. The Kier molecular flexibility index (Phi) is 5.85. The Balaban J connectivity index is 2.12. The van der Waals surface area contributed by atoms with Crippen molar-refractivity contribution in [3.05, 3.63) is 35.9 Å². The molecule has 1 aliphatic heterocycles. The summed E-state index contributed by atoms with van der Waals surface area (Å²) in [6, 6.07) is 7.91. The molecule has 0 atom stereocenters. The van der Waals surface area contributed by atoms with E-state index in [0.717, 1.165) is 4.31 Å². The molecule has 9 N–H and O–H groups in total. The quantitative estimate of drug-likeness (QED) is 0.234. The van der Waals surface area contributed by atoms with Gasteiger partial charge in [0.25, 0.3) is 0 Å². The van der Waals surface area contributed by atoms with E-state index in [2.05, 4.69) is 25.8 Å². The Morgan fingerprint density at radius 3 is 2.52 bits per heavy atom. The van der Waals surface area contributed by atoms with E-state index in [4.69, 9.17) is 16.6 Å². The molecule has 0 fully saturated rings. The minimum absolute atomic E-state index is 0.00112. The number of nitrogen functional groups attached to an aromatic ring is 1. The van der Waals surface area contributed by atoms with Gasteiger partial charge in [0.2, 0.25) is 20.0 Å². The zero-order valence-corrected chi connectivity index (χ0v) is 19.2. The Labute approximate surface area is 190 Å². The van der Waals surface area contributed by atoms with E-state index >= 15 is 0 Å². The number of nitrogens with two attached hydrogens (primary N) is 3. The van der Waals surface area contributed by atoms with E-state index in [-0.39, 0.29) is 37.1 Å². The van der Waals surface area contributed by atoms with Crippen molar-refractivity contribution in [1.29, 1.82) is 0 Å². The molecule has 1 aromatic heterocycles. The maximum absolute atomic E-state index is 13.3. The molecule has 0 saturated heterocycles. The molecule has 2 aromatic carbocycles. The number of nitrogens with one attached hydrogen (secondary N) is 3. The van der Waals surface area contributed by atoms with E-state index in [1.54, 1.807) is 18.2 Å². The van der Waals surface area contributed by atoms with Gasteiger partial charge in [-0.25, -0.2) is 37.4 Å². The Morgan fingerprint density at radius 2 is 1.88 bits per heavy atom. The largest absolute Gasteiger partial charge is 0.369 e. The van der Waals surface area contributed by atoms with Crippen LogP contribution in [0, 0.1) is 0 Å². The summed E-state index contributed by atoms with van der Waals surface area (Å²) in [6.07, 6.45) is 0. The molecule has 2 heterocycles. The first-order valence-electron chi connectivity index (χ1n) is 9.70. The van der Waals surface area contributed by atoms with Gasteiger partial charge in [0.15, 0.2) is 5.95 Å². The molecule has 0 aliphatic carbocycles. The van der Waals surface area contributed by atoms with Gasteiger partial charge in [-0.05, 0) is 17.7 Å². The minimum atomic E-state index is -4.55. The molecule has 0 unspecified atom stereocenters. The molecule has 0 saturated carbocycles. The van der Waals surface area contributed by atoms with Crippen molar-refractivity contribution < 1.29 is 16.8 Å². The SMILES string of the molecule is CN(CCN)S(=O)(=O)c1ccc(-c2cccc3[nH]c(N)nc23)c(C2=NCNN2)c1S(N)(=O)=O. The summed E-state index contributed by atoms with van der Waals surface area (Å²) in [5, 5.41) is 5.58. The summed E-state index contributed by atoms with van der Waals surface area (Å²) in [4.78, 5) is 10.4. The summed E-state index contributed by atoms with van der Waals surface area (Å²) < 4.78 is 53.2. The standard InChI is InChI=1S/C18H23N9O4S2/c1-27(8-7-19)33(30,31)13-6-5-10(11-3-2-4-12-15(11)25-18(20)24-12)14(16(13)32(21,28)29)17-22-9-23-26-17/h2-6,23H,7-9,19H2,1H3,(H,22,26)(H3,20,24,25)(H2,21,28,29). The number of likely N-dealkylation sites (N-methyl/N-ethyl adjacent to an activating group) is 1. The van der Waals surface area contributed by atoms with Crippen molar-refractivity contribution in [1.82, 2.24) is 25.1 Å². The van der Waals surface area contributed by atoms with Crippen molar-refractivity contribution >= 4 is 42.9 Å². The number of fused-ring (bicyclic) bond motifs is 1. The molecule has 13 nitrogen and oxygen atoms in total. The lowest BCUT2D eigenvalue weighted by atomic mass is 9.97. The fourth-order valence-corrected chi connectivity index (χ4v) is 6.43. The highest BCUT2D eigenvalue weighted by Gasteiger charge is 2.34. The second kappa shape index (κ2) is 8.36. The summed E-state index contributed by atoms with van der Waals surface area (Å²) in [7, 11) is -7.50. The van der Waals surface area contributed by atoms with Crippen LogP contribution in [-0.4, -0.2) is 63.8 Å². The first kappa shape index (κ1) is 23.1. The van der Waals surface area contributed by atoms with Gasteiger partial charge < -0.3 is 21.9 Å². The van der Waals surface area contributed by atoms with Gasteiger partial charge in [0, 0.05) is 31.3 Å². The number of aliphatic imine (C=N–C) groups is 1. The van der Waals surface area contributed by atoms with Gasteiger partial charge in [-0.3, -0.25) is 0 Å². The molecule has 15 heteroatoms. The Bertz CT molecular complexity index is 1480. The minimum Gasteiger partial charge on any atom is -0.369 e. The number of hydrogen-bond acceptors (Lipinski definition) is 10. The summed E-state index contributed by atoms with van der Waals surface area (Å²) in [6.45, 7) is 0.171. The maximum Gasteiger partial charge on any atom is 0.244 e. The second-order valence-electron chi connectivity index (χ2n) is 7.27. The number of imidazole rings is 1. The first-order chi connectivity index (χ1) is 15.6. The topological polar surface area (TPSA) is 215 Å². The third kappa shape index (κ3) is 4.05. The van der Waals surface area contributed by atoms with E-state index in [1.807, 2.05) is 0 Å². The van der Waals surface area contributed by atoms with Crippen molar-refractivity contribution in [2.24, 2.45) is 15.9 Å². The number of nitrogens with zero attached hydrogens (tertiary/aromatic N) is 3. The number of rotatable bonds is 7. The van der Waals surface area contributed by atoms with Crippen LogP contribution in [0.15, 0.2) is 45.1 Å². The van der Waals surface area contributed by atoms with Gasteiger partial charge in [-0.15, -0.1) is 0 Å². The highest BCUT2D eigenvalue weighted by Crippen LogP contribution is 2.37. The Hall–Kier alpha value is -3.08. The number of aromatic nitrogens is 2. The van der Waals surface area contributed by atoms with Crippen LogP contribution in [-0.2, 0) is 20.0 Å². The van der Waals surface area contributed by atoms with E-state index in [9.17, 15) is 16.8 Å². The average molecular weight is 494 g/mol. The third-order valence-electron chi connectivity index (χ3n) is 5.12. The normalized spacial score (nSPS) is 14.6. The molecular weight excluding hydrogens is 470 g/mol. The number of H-pyrrole nitrogens is 1. The van der Waals surface area contributed by atoms with E-state index in [0.29, 0.717) is 22.2 Å². The lowest BCUT2D eigenvalue weighted by Crippen LogP contribution is -2.35. The van der Waals surface area contributed by atoms with Crippen LogP contribution < -0.4 is 27.5 Å². The zero-order chi connectivity index (χ0) is 24.0. The average Bonchev–Trinajstić information content (AvgIpc) is 3.40. The van der Waals surface area contributed by atoms with Crippen molar-refractivity contribution in [3.8, 4) is 11.1 Å². The van der Waals surface area contributed by atoms with Gasteiger partial charge in [-0.2, -0.15) is 4.31 Å². The zero-order valence-electron chi connectivity index (χ0n) is 17.5. The Morgan fingerprint density at radius 1 is 1.12 bits per heavy atom. The number of primary sulfonamides is 1. The number of anilines is 1. The highest BCUT2D eigenvalue weighted by atomic mass is 32.2. The summed E-state index contributed by atoms with van der Waals surface area (Å²) >= 11 is 0. The molecule has 0 bridgehead atoms. The number of hydrogen-bond donors (Lipinski definition) is 6. The van der Waals surface area contributed by atoms with E-state index < -0.39 is 29.8 Å². The van der Waals surface area contributed by atoms with Crippen LogP contribution in [0.25, 0.3) is 22.2 Å². The molecular formula is C18H23N9O4S2. The number of aromatic amines is 1. The lowest BCUT2D eigenvalue weighted by molar-refractivity contribution is 0.474. The van der Waals surface area contributed by atoms with Crippen LogP contribution >= 0.6 is 0 Å². The number of sulfonamides is 2. The number of benzene rings is 2. The molecule has 0 radical (unpaired) electrons. The molecule has 0 amide bonds. The first-order valence-corrected chi connectivity index (χ1v) is 12.7. The maximum atomic E-state index is 13.3. The molecule has 176 valence electrons. The van der Waals surface area contributed by atoms with Crippen molar-refractivity contribution in [2.45, 2.75) is 9.79 Å². The fourth-order valence-electron chi connectivity index (χ4n) is 3.67. The lowest BCUT2D eigenvalue weighted by Gasteiger charge is -2.21. The fraction of sp³-hybridized carbons (Fsp3) is 0.222. The molecule has 33 heavy (non-hydrogen) atoms.